The summed E-state index contributed by atoms with van der Waals surface area (Å²) < 4.78 is 30.1. The Bertz CT molecular complexity index is 757. The van der Waals surface area contributed by atoms with E-state index in [1.54, 1.807) is 23.5 Å². The van der Waals surface area contributed by atoms with E-state index in [-0.39, 0.29) is 11.8 Å². The lowest BCUT2D eigenvalue weighted by Gasteiger charge is -2.13. The summed E-state index contributed by atoms with van der Waals surface area (Å²) in [5.74, 6) is 0.123. The van der Waals surface area contributed by atoms with E-state index in [2.05, 4.69) is 4.74 Å². The van der Waals surface area contributed by atoms with Gasteiger partial charge in [0.1, 0.15) is 5.75 Å². The fourth-order valence-corrected chi connectivity index (χ4v) is 3.30. The molecule has 0 radical (unpaired) electrons. The highest BCUT2D eigenvalue weighted by molar-refractivity contribution is 7.17. The summed E-state index contributed by atoms with van der Waals surface area (Å²) in [6, 6.07) is 14.1. The van der Waals surface area contributed by atoms with Gasteiger partial charge >= 0.3 is 6.61 Å². The molecule has 3 rings (SSSR count). The third-order valence-electron chi connectivity index (χ3n) is 3.29. The highest BCUT2D eigenvalue weighted by atomic mass is 32.1. The fraction of sp³-hybridized carbons (Fsp3) is 0.125. The number of halogens is 2. The third kappa shape index (κ3) is 2.89. The quantitative estimate of drug-likeness (QED) is 0.767. The Labute approximate surface area is 124 Å². The molecule has 0 aliphatic rings. The summed E-state index contributed by atoms with van der Waals surface area (Å²) in [5, 5.41) is 3.10. The van der Waals surface area contributed by atoms with Gasteiger partial charge in [0.15, 0.2) is 0 Å². The molecule has 21 heavy (non-hydrogen) atoms. The molecule has 0 amide bonds. The van der Waals surface area contributed by atoms with Gasteiger partial charge in [-0.1, -0.05) is 30.3 Å². The number of ether oxygens (including phenoxy) is 1. The largest absolute Gasteiger partial charge is 0.435 e. The Balaban J connectivity index is 1.96. The highest BCUT2D eigenvalue weighted by Crippen LogP contribution is 2.33. The monoisotopic (exact) mass is 305 g/mol. The van der Waals surface area contributed by atoms with Crippen molar-refractivity contribution >= 4 is 21.4 Å². The minimum Gasteiger partial charge on any atom is -0.435 e. The van der Waals surface area contributed by atoms with E-state index in [1.807, 2.05) is 35.7 Å². The molecular formula is C16H13F2NOS. The van der Waals surface area contributed by atoms with Crippen LogP contribution in [0.1, 0.15) is 17.2 Å². The van der Waals surface area contributed by atoms with Gasteiger partial charge in [-0.2, -0.15) is 8.78 Å². The van der Waals surface area contributed by atoms with Crippen molar-refractivity contribution in [2.24, 2.45) is 5.73 Å². The number of alkyl halides is 2. The van der Waals surface area contributed by atoms with Crippen LogP contribution in [0.15, 0.2) is 53.9 Å². The number of hydrogen-bond donors (Lipinski definition) is 1. The van der Waals surface area contributed by atoms with Crippen LogP contribution in [0.5, 0.6) is 5.75 Å². The lowest BCUT2D eigenvalue weighted by Crippen LogP contribution is -2.11. The van der Waals surface area contributed by atoms with Crippen molar-refractivity contribution in [2.45, 2.75) is 12.7 Å². The van der Waals surface area contributed by atoms with Crippen molar-refractivity contribution in [2.75, 3.05) is 0 Å². The van der Waals surface area contributed by atoms with Crippen molar-refractivity contribution in [3.63, 3.8) is 0 Å². The molecule has 0 fully saturated rings. The van der Waals surface area contributed by atoms with Crippen molar-refractivity contribution in [1.82, 2.24) is 0 Å². The first-order valence-corrected chi connectivity index (χ1v) is 7.29. The van der Waals surface area contributed by atoms with Crippen LogP contribution in [-0.2, 0) is 0 Å². The third-order valence-corrected chi connectivity index (χ3v) is 4.27. The molecule has 1 unspecified atom stereocenters. The number of rotatable bonds is 4. The van der Waals surface area contributed by atoms with Crippen molar-refractivity contribution in [3.05, 3.63) is 65.0 Å². The normalized spacial score (nSPS) is 12.8. The molecular weight excluding hydrogens is 292 g/mol. The van der Waals surface area contributed by atoms with Gasteiger partial charge in [-0.05, 0) is 40.1 Å². The smallest absolute Gasteiger partial charge is 0.387 e. The first-order valence-electron chi connectivity index (χ1n) is 6.41. The average molecular weight is 305 g/mol. The number of nitrogens with two attached hydrogens (primary N) is 1. The summed E-state index contributed by atoms with van der Waals surface area (Å²) in [6.45, 7) is -2.83. The molecule has 0 aliphatic heterocycles. The molecule has 0 saturated carbocycles. The number of thiophene rings is 1. The van der Waals surface area contributed by atoms with Gasteiger partial charge in [0.05, 0.1) is 6.04 Å². The van der Waals surface area contributed by atoms with Gasteiger partial charge in [0.2, 0.25) is 0 Å². The predicted molar refractivity (Wildman–Crippen MR) is 80.9 cm³/mol. The van der Waals surface area contributed by atoms with Crippen LogP contribution < -0.4 is 10.5 Å². The van der Waals surface area contributed by atoms with E-state index < -0.39 is 6.61 Å². The van der Waals surface area contributed by atoms with Crippen LogP contribution >= 0.6 is 11.3 Å². The highest BCUT2D eigenvalue weighted by Gasteiger charge is 2.15. The number of hydrogen-bond acceptors (Lipinski definition) is 3. The SMILES string of the molecule is NC(c1cccc(OC(F)F)c1)c1csc2ccccc12. The summed E-state index contributed by atoms with van der Waals surface area (Å²) in [6.07, 6.45) is 0. The summed E-state index contributed by atoms with van der Waals surface area (Å²) in [4.78, 5) is 0. The van der Waals surface area contributed by atoms with Crippen molar-refractivity contribution in [3.8, 4) is 5.75 Å². The van der Waals surface area contributed by atoms with Crippen LogP contribution in [0.4, 0.5) is 8.78 Å². The zero-order valence-corrected chi connectivity index (χ0v) is 11.8. The second kappa shape index (κ2) is 5.79. The van der Waals surface area contributed by atoms with Crippen molar-refractivity contribution < 1.29 is 13.5 Å². The Kier molecular flexibility index (Phi) is 3.86. The fourth-order valence-electron chi connectivity index (χ4n) is 2.30. The minimum atomic E-state index is -2.83. The Morgan fingerprint density at radius 2 is 1.86 bits per heavy atom. The van der Waals surface area contributed by atoms with E-state index >= 15 is 0 Å². The maximum absolute atomic E-state index is 12.3. The summed E-state index contributed by atoms with van der Waals surface area (Å²) in [5.41, 5.74) is 8.03. The van der Waals surface area contributed by atoms with E-state index in [9.17, 15) is 8.78 Å². The molecule has 5 heteroatoms. The maximum Gasteiger partial charge on any atom is 0.387 e. The molecule has 1 heterocycles. The molecule has 3 aromatic rings. The maximum atomic E-state index is 12.3. The first kappa shape index (κ1) is 14.0. The lowest BCUT2D eigenvalue weighted by atomic mass is 9.99. The molecule has 0 saturated heterocycles. The Morgan fingerprint density at radius 1 is 1.05 bits per heavy atom. The Hall–Kier alpha value is -1.98. The molecule has 1 aromatic heterocycles. The van der Waals surface area contributed by atoms with Gasteiger partial charge in [-0.25, -0.2) is 0 Å². The zero-order valence-electron chi connectivity index (χ0n) is 11.0. The lowest BCUT2D eigenvalue weighted by molar-refractivity contribution is -0.0498. The number of fused-ring (bicyclic) bond motifs is 1. The molecule has 108 valence electrons. The Morgan fingerprint density at radius 3 is 2.67 bits per heavy atom. The molecule has 2 N–H and O–H groups in total. The van der Waals surface area contributed by atoms with Crippen LogP contribution in [-0.4, -0.2) is 6.61 Å². The van der Waals surface area contributed by atoms with E-state index in [1.165, 1.54) is 6.07 Å². The number of benzene rings is 2. The molecule has 0 aliphatic carbocycles. The van der Waals surface area contributed by atoms with Gasteiger partial charge in [0, 0.05) is 4.70 Å². The second-order valence-corrected chi connectivity index (χ2v) is 5.53. The summed E-state index contributed by atoms with van der Waals surface area (Å²) >= 11 is 1.62. The first-order chi connectivity index (χ1) is 10.1. The standard InChI is InChI=1S/C16H13F2NOS/c17-16(18)20-11-5-3-4-10(8-11)15(19)13-9-21-14-7-2-1-6-12(13)14/h1-9,15-16H,19H2. The van der Waals surface area contributed by atoms with E-state index in [0.717, 1.165) is 21.2 Å². The zero-order chi connectivity index (χ0) is 14.8. The second-order valence-electron chi connectivity index (χ2n) is 4.62. The molecule has 1 atom stereocenters. The van der Waals surface area contributed by atoms with Gasteiger partial charge < -0.3 is 10.5 Å². The van der Waals surface area contributed by atoms with Crippen molar-refractivity contribution in [1.29, 1.82) is 0 Å². The van der Waals surface area contributed by atoms with Gasteiger partial charge in [-0.3, -0.25) is 0 Å². The van der Waals surface area contributed by atoms with E-state index in [4.69, 9.17) is 5.73 Å². The molecule has 2 aromatic carbocycles. The van der Waals surface area contributed by atoms with Crippen LogP contribution in [0.2, 0.25) is 0 Å². The van der Waals surface area contributed by atoms with Crippen LogP contribution in [0, 0.1) is 0 Å². The van der Waals surface area contributed by atoms with Gasteiger partial charge in [0.25, 0.3) is 0 Å². The molecule has 2 nitrogen and oxygen atoms in total. The molecule has 0 bridgehead atoms. The average Bonchev–Trinajstić information content (AvgIpc) is 2.90. The predicted octanol–water partition coefficient (Wildman–Crippen LogP) is 4.55. The van der Waals surface area contributed by atoms with Gasteiger partial charge in [-0.15, -0.1) is 11.3 Å². The summed E-state index contributed by atoms with van der Waals surface area (Å²) in [7, 11) is 0. The van der Waals surface area contributed by atoms with Crippen LogP contribution in [0.3, 0.4) is 0 Å². The topological polar surface area (TPSA) is 35.2 Å². The minimum absolute atomic E-state index is 0.123. The van der Waals surface area contributed by atoms with Crippen LogP contribution in [0.25, 0.3) is 10.1 Å². The molecule has 0 spiro atoms. The van der Waals surface area contributed by atoms with E-state index in [0.29, 0.717) is 0 Å².